The Morgan fingerprint density at radius 1 is 1.55 bits per heavy atom. The van der Waals surface area contributed by atoms with Crippen LogP contribution in [0.5, 0.6) is 0 Å². The lowest BCUT2D eigenvalue weighted by atomic mass is 10.2. The summed E-state index contributed by atoms with van der Waals surface area (Å²) in [6.07, 6.45) is 0. The molecule has 0 saturated heterocycles. The van der Waals surface area contributed by atoms with E-state index in [4.69, 9.17) is 16.9 Å². The summed E-state index contributed by atoms with van der Waals surface area (Å²) in [5, 5.41) is 8.28. The van der Waals surface area contributed by atoms with Crippen molar-refractivity contribution in [2.45, 2.75) is 0 Å². The van der Waals surface area contributed by atoms with Gasteiger partial charge in [-0.2, -0.15) is 5.26 Å². The maximum absolute atomic E-state index is 12.8. The standard InChI is InChI=1S/C7H2BrClFN/c8-5-2-1-4(3-11)6(9)7(5)10/h1-2H. The molecule has 0 amide bonds. The Kier molecular flexibility index (Phi) is 2.48. The molecule has 11 heavy (non-hydrogen) atoms. The normalized spacial score (nSPS) is 9.27. The van der Waals surface area contributed by atoms with Gasteiger partial charge in [-0.15, -0.1) is 0 Å². The van der Waals surface area contributed by atoms with Gasteiger partial charge in [-0.1, -0.05) is 11.6 Å². The van der Waals surface area contributed by atoms with E-state index in [-0.39, 0.29) is 15.1 Å². The van der Waals surface area contributed by atoms with E-state index in [1.54, 1.807) is 6.07 Å². The zero-order chi connectivity index (χ0) is 8.43. The molecular formula is C7H2BrClFN. The molecule has 0 aliphatic heterocycles. The Balaban J connectivity index is 3.40. The highest BCUT2D eigenvalue weighted by atomic mass is 79.9. The number of benzene rings is 1. The third kappa shape index (κ3) is 1.52. The van der Waals surface area contributed by atoms with Crippen molar-refractivity contribution >= 4 is 27.5 Å². The summed E-state index contributed by atoms with van der Waals surface area (Å²) < 4.78 is 13.1. The molecule has 1 aromatic rings. The SMILES string of the molecule is N#Cc1ccc(Br)c(F)c1Cl. The van der Waals surface area contributed by atoms with Gasteiger partial charge in [0.15, 0.2) is 5.82 Å². The van der Waals surface area contributed by atoms with E-state index in [9.17, 15) is 4.39 Å². The van der Waals surface area contributed by atoms with Crippen LogP contribution in [0.1, 0.15) is 5.56 Å². The maximum atomic E-state index is 12.8. The molecule has 0 N–H and O–H groups in total. The second kappa shape index (κ2) is 3.21. The molecule has 0 unspecified atom stereocenters. The molecule has 4 heteroatoms. The topological polar surface area (TPSA) is 23.8 Å². The molecule has 0 fully saturated rings. The second-order valence-electron chi connectivity index (χ2n) is 1.83. The van der Waals surface area contributed by atoms with Crippen molar-refractivity contribution in [3.63, 3.8) is 0 Å². The molecule has 0 aliphatic rings. The van der Waals surface area contributed by atoms with Gasteiger partial charge in [0.2, 0.25) is 0 Å². The fourth-order valence-electron chi connectivity index (χ4n) is 0.612. The minimum Gasteiger partial charge on any atom is -0.204 e. The molecule has 0 aliphatic carbocycles. The summed E-state index contributed by atoms with van der Waals surface area (Å²) in [5.41, 5.74) is 0.146. The first kappa shape index (κ1) is 8.51. The van der Waals surface area contributed by atoms with Gasteiger partial charge in [-0.05, 0) is 28.1 Å². The van der Waals surface area contributed by atoms with E-state index < -0.39 is 5.82 Å². The van der Waals surface area contributed by atoms with Crippen LogP contribution >= 0.6 is 27.5 Å². The Morgan fingerprint density at radius 3 is 2.73 bits per heavy atom. The summed E-state index contributed by atoms with van der Waals surface area (Å²) in [6.45, 7) is 0. The predicted molar refractivity (Wildman–Crippen MR) is 43.8 cm³/mol. The van der Waals surface area contributed by atoms with Gasteiger partial charge in [0.1, 0.15) is 6.07 Å². The molecule has 1 rings (SSSR count). The van der Waals surface area contributed by atoms with E-state index in [1.807, 2.05) is 0 Å². The van der Waals surface area contributed by atoms with Crippen molar-refractivity contribution < 1.29 is 4.39 Å². The smallest absolute Gasteiger partial charge is 0.157 e. The summed E-state index contributed by atoms with van der Waals surface area (Å²) >= 11 is 8.41. The van der Waals surface area contributed by atoms with Gasteiger partial charge < -0.3 is 0 Å². The molecule has 1 aromatic carbocycles. The van der Waals surface area contributed by atoms with E-state index in [2.05, 4.69) is 15.9 Å². The Hall–Kier alpha value is -0.590. The lowest BCUT2D eigenvalue weighted by Crippen LogP contribution is -1.83. The summed E-state index contributed by atoms with van der Waals surface area (Å²) in [5.74, 6) is -0.592. The van der Waals surface area contributed by atoms with Crippen LogP contribution in [0.4, 0.5) is 4.39 Å². The molecular weight excluding hydrogens is 232 g/mol. The molecule has 0 spiro atoms. The first-order valence-corrected chi connectivity index (χ1v) is 3.87. The quantitative estimate of drug-likeness (QED) is 0.633. The maximum Gasteiger partial charge on any atom is 0.157 e. The summed E-state index contributed by atoms with van der Waals surface area (Å²) in [6, 6.07) is 4.67. The minimum atomic E-state index is -0.592. The van der Waals surface area contributed by atoms with Crippen LogP contribution in [0.15, 0.2) is 16.6 Å². The van der Waals surface area contributed by atoms with Gasteiger partial charge >= 0.3 is 0 Å². The fraction of sp³-hybridized carbons (Fsp3) is 0. The van der Waals surface area contributed by atoms with E-state index in [1.165, 1.54) is 12.1 Å². The Labute approximate surface area is 76.5 Å². The molecule has 0 radical (unpaired) electrons. The van der Waals surface area contributed by atoms with Crippen molar-refractivity contribution in [3.05, 3.63) is 33.0 Å². The van der Waals surface area contributed by atoms with Crippen LogP contribution in [-0.4, -0.2) is 0 Å². The molecule has 0 aromatic heterocycles. The summed E-state index contributed by atoms with van der Waals surface area (Å²) in [7, 11) is 0. The highest BCUT2D eigenvalue weighted by Crippen LogP contribution is 2.25. The number of hydrogen-bond acceptors (Lipinski definition) is 1. The Morgan fingerprint density at radius 2 is 2.18 bits per heavy atom. The zero-order valence-electron chi connectivity index (χ0n) is 5.24. The van der Waals surface area contributed by atoms with Crippen LogP contribution in [0, 0.1) is 17.1 Å². The van der Waals surface area contributed by atoms with Gasteiger partial charge in [-0.3, -0.25) is 0 Å². The number of halogens is 3. The molecule has 0 saturated carbocycles. The van der Waals surface area contributed by atoms with E-state index in [0.717, 1.165) is 0 Å². The van der Waals surface area contributed by atoms with Gasteiger partial charge in [-0.25, -0.2) is 4.39 Å². The summed E-state index contributed by atoms with van der Waals surface area (Å²) in [4.78, 5) is 0. The largest absolute Gasteiger partial charge is 0.204 e. The molecule has 0 atom stereocenters. The van der Waals surface area contributed by atoms with Crippen molar-refractivity contribution in [3.8, 4) is 6.07 Å². The van der Waals surface area contributed by atoms with Gasteiger partial charge in [0.05, 0.1) is 15.1 Å². The number of nitrogens with zero attached hydrogens (tertiary/aromatic N) is 1. The van der Waals surface area contributed by atoms with Gasteiger partial charge in [0.25, 0.3) is 0 Å². The molecule has 1 nitrogen and oxygen atoms in total. The molecule has 0 bridgehead atoms. The zero-order valence-corrected chi connectivity index (χ0v) is 7.58. The number of hydrogen-bond donors (Lipinski definition) is 0. The predicted octanol–water partition coefficient (Wildman–Crippen LogP) is 3.11. The van der Waals surface area contributed by atoms with E-state index >= 15 is 0 Å². The average Bonchev–Trinajstić information content (AvgIpc) is 2.01. The molecule has 0 heterocycles. The van der Waals surface area contributed by atoms with E-state index in [0.29, 0.717) is 0 Å². The monoisotopic (exact) mass is 233 g/mol. The van der Waals surface area contributed by atoms with Crippen LogP contribution < -0.4 is 0 Å². The van der Waals surface area contributed by atoms with Crippen molar-refractivity contribution in [2.75, 3.05) is 0 Å². The minimum absolute atomic E-state index is 0.137. The van der Waals surface area contributed by atoms with Crippen LogP contribution in [0.25, 0.3) is 0 Å². The average molecular weight is 234 g/mol. The Bertz CT molecular complexity index is 332. The first-order valence-electron chi connectivity index (χ1n) is 2.70. The highest BCUT2D eigenvalue weighted by Gasteiger charge is 2.08. The lowest BCUT2D eigenvalue weighted by Gasteiger charge is -1.97. The highest BCUT2D eigenvalue weighted by molar-refractivity contribution is 9.10. The van der Waals surface area contributed by atoms with Crippen molar-refractivity contribution in [1.29, 1.82) is 5.26 Å². The van der Waals surface area contributed by atoms with Crippen LogP contribution in [0.2, 0.25) is 5.02 Å². The van der Waals surface area contributed by atoms with Crippen LogP contribution in [0.3, 0.4) is 0 Å². The fourth-order valence-corrected chi connectivity index (χ4v) is 1.26. The number of rotatable bonds is 0. The van der Waals surface area contributed by atoms with Crippen LogP contribution in [-0.2, 0) is 0 Å². The van der Waals surface area contributed by atoms with Crippen molar-refractivity contribution in [2.24, 2.45) is 0 Å². The molecule has 56 valence electrons. The van der Waals surface area contributed by atoms with Gasteiger partial charge in [0, 0.05) is 0 Å². The third-order valence-electron chi connectivity index (χ3n) is 1.16. The number of nitriles is 1. The second-order valence-corrected chi connectivity index (χ2v) is 3.07. The lowest BCUT2D eigenvalue weighted by molar-refractivity contribution is 0.621. The first-order chi connectivity index (χ1) is 5.16. The third-order valence-corrected chi connectivity index (χ3v) is 2.14. The van der Waals surface area contributed by atoms with Crippen molar-refractivity contribution in [1.82, 2.24) is 0 Å².